The first-order valence-electron chi connectivity index (χ1n) is 12.2. The van der Waals surface area contributed by atoms with Crippen LogP contribution in [-0.4, -0.2) is 40.3 Å². The standard InChI is InChI=1S/C28H33N5O2/c1-19(2)35-26-18-21(14-15-31-26)27(30)24-17-22(11-13-25(24)29)28(34)32-33-16-6-9-23(33)12-10-20-7-4-3-5-8-20/h3-5,7-8,11,13-15,17-19,23,30H,6,9-10,12,16,29H2,1-2H3,(H,32,34)/p+1. The Hall–Kier alpha value is -3.71. The number of pyridine rings is 1. The summed E-state index contributed by atoms with van der Waals surface area (Å²) in [6, 6.07) is 19.6. The summed E-state index contributed by atoms with van der Waals surface area (Å²) in [6.07, 6.45) is 5.78. The Bertz CT molecular complexity index is 1180. The molecule has 1 fully saturated rings. The molecule has 0 spiro atoms. The fourth-order valence-electron chi connectivity index (χ4n) is 4.43. The van der Waals surface area contributed by atoms with Crippen molar-refractivity contribution in [3.05, 3.63) is 89.1 Å². The molecule has 0 saturated carbocycles. The molecule has 7 heteroatoms. The van der Waals surface area contributed by atoms with Crippen molar-refractivity contribution in [2.75, 3.05) is 12.3 Å². The van der Waals surface area contributed by atoms with Gasteiger partial charge in [0.15, 0.2) is 0 Å². The summed E-state index contributed by atoms with van der Waals surface area (Å²) in [4.78, 5) is 17.4. The van der Waals surface area contributed by atoms with Crippen molar-refractivity contribution in [1.29, 1.82) is 0 Å². The molecule has 0 radical (unpaired) electrons. The van der Waals surface area contributed by atoms with Gasteiger partial charge in [0.1, 0.15) is 0 Å². The van der Waals surface area contributed by atoms with E-state index in [4.69, 9.17) is 15.9 Å². The Morgan fingerprint density at radius 1 is 1.17 bits per heavy atom. The first-order chi connectivity index (χ1) is 16.9. The van der Waals surface area contributed by atoms with Gasteiger partial charge in [-0.3, -0.25) is 15.6 Å². The molecule has 2 aromatic carbocycles. The van der Waals surface area contributed by atoms with Crippen molar-refractivity contribution in [2.45, 2.75) is 51.7 Å². The van der Waals surface area contributed by atoms with Crippen LogP contribution in [-0.2, 0) is 6.42 Å². The van der Waals surface area contributed by atoms with Crippen LogP contribution in [0.15, 0.2) is 66.9 Å². The molecule has 1 aromatic heterocycles. The summed E-state index contributed by atoms with van der Waals surface area (Å²) in [5.74, 6) is 0.327. The van der Waals surface area contributed by atoms with E-state index in [-0.39, 0.29) is 12.0 Å². The van der Waals surface area contributed by atoms with E-state index >= 15 is 0 Å². The van der Waals surface area contributed by atoms with Crippen LogP contribution in [0.5, 0.6) is 5.88 Å². The number of hydrazine groups is 1. The van der Waals surface area contributed by atoms with Gasteiger partial charge in [0.2, 0.25) is 11.6 Å². The minimum atomic E-state index is -0.163. The van der Waals surface area contributed by atoms with Crippen LogP contribution in [0.25, 0.3) is 0 Å². The molecule has 4 rings (SSSR count). The van der Waals surface area contributed by atoms with Crippen LogP contribution >= 0.6 is 0 Å². The van der Waals surface area contributed by atoms with Gasteiger partial charge < -0.3 is 10.5 Å². The number of carbonyl (C=O) groups is 1. The Morgan fingerprint density at radius 2 is 1.97 bits per heavy atom. The molecule has 182 valence electrons. The third-order valence-corrected chi connectivity index (χ3v) is 6.24. The van der Waals surface area contributed by atoms with Gasteiger partial charge in [-0.1, -0.05) is 30.3 Å². The van der Waals surface area contributed by atoms with Gasteiger partial charge in [-0.15, -0.1) is 0 Å². The van der Waals surface area contributed by atoms with Gasteiger partial charge >= 0.3 is 0 Å². The van der Waals surface area contributed by atoms with E-state index in [1.54, 1.807) is 36.5 Å². The lowest BCUT2D eigenvalue weighted by atomic mass is 9.99. The van der Waals surface area contributed by atoms with Crippen LogP contribution in [0.3, 0.4) is 0 Å². The Morgan fingerprint density at radius 3 is 2.74 bits per heavy atom. The van der Waals surface area contributed by atoms with E-state index < -0.39 is 0 Å². The SMILES string of the molecule is CC(C)Oc1cc(C(=[NH2+])c2cc(C(=O)NN3CCCC3CCc3ccccc3)ccc2N)ccn1. The van der Waals surface area contributed by atoms with Gasteiger partial charge in [-0.25, -0.2) is 9.99 Å². The predicted octanol–water partition coefficient (Wildman–Crippen LogP) is 2.79. The van der Waals surface area contributed by atoms with Crippen LogP contribution in [0.1, 0.15) is 60.2 Å². The largest absolute Gasteiger partial charge is 0.475 e. The van der Waals surface area contributed by atoms with Crippen LogP contribution in [0.2, 0.25) is 0 Å². The fraction of sp³-hybridized carbons (Fsp3) is 0.321. The second-order valence-electron chi connectivity index (χ2n) is 9.22. The number of nitrogens with zero attached hydrogens (tertiary/aromatic N) is 2. The molecular weight excluding hydrogens is 438 g/mol. The quantitative estimate of drug-likeness (QED) is 0.328. The lowest BCUT2D eigenvalue weighted by Crippen LogP contribution is -2.45. The first kappa shape index (κ1) is 24.4. The normalized spacial score (nSPS) is 15.8. The smallest absolute Gasteiger partial charge is 0.265 e. The van der Waals surface area contributed by atoms with Crippen molar-refractivity contribution < 1.29 is 14.9 Å². The highest BCUT2D eigenvalue weighted by Gasteiger charge is 2.26. The minimum Gasteiger partial charge on any atom is -0.475 e. The van der Waals surface area contributed by atoms with E-state index in [0.29, 0.717) is 34.4 Å². The van der Waals surface area contributed by atoms with Gasteiger partial charge in [0, 0.05) is 36.1 Å². The lowest BCUT2D eigenvalue weighted by molar-refractivity contribution is -0.111. The number of amides is 1. The Balaban J connectivity index is 1.45. The lowest BCUT2D eigenvalue weighted by Gasteiger charge is -2.25. The second kappa shape index (κ2) is 11.1. The van der Waals surface area contributed by atoms with Crippen molar-refractivity contribution in [3.63, 3.8) is 0 Å². The third kappa shape index (κ3) is 6.25. The summed E-state index contributed by atoms with van der Waals surface area (Å²) in [5, 5.41) is 8.55. The van der Waals surface area contributed by atoms with Crippen LogP contribution in [0, 0.1) is 0 Å². The van der Waals surface area contributed by atoms with E-state index in [2.05, 4.69) is 39.7 Å². The molecule has 1 saturated heterocycles. The molecule has 5 N–H and O–H groups in total. The molecule has 7 nitrogen and oxygen atoms in total. The average molecular weight is 473 g/mol. The fourth-order valence-corrected chi connectivity index (χ4v) is 4.43. The number of aryl methyl sites for hydroxylation is 1. The summed E-state index contributed by atoms with van der Waals surface area (Å²) in [6.45, 7) is 4.72. The zero-order valence-corrected chi connectivity index (χ0v) is 20.4. The van der Waals surface area contributed by atoms with E-state index in [1.165, 1.54) is 5.56 Å². The number of hydrogen-bond acceptors (Lipinski definition) is 5. The maximum atomic E-state index is 13.1. The second-order valence-corrected chi connectivity index (χ2v) is 9.22. The highest BCUT2D eigenvalue weighted by molar-refractivity contribution is 6.13. The molecule has 35 heavy (non-hydrogen) atoms. The van der Waals surface area contributed by atoms with Crippen LogP contribution < -0.4 is 21.3 Å². The number of carbonyl (C=O) groups excluding carboxylic acids is 1. The molecule has 0 aliphatic carbocycles. The number of hydrogen-bond donors (Lipinski definition) is 3. The summed E-state index contributed by atoms with van der Waals surface area (Å²) in [7, 11) is 0. The highest BCUT2D eigenvalue weighted by Crippen LogP contribution is 2.22. The molecule has 2 heterocycles. The highest BCUT2D eigenvalue weighted by atomic mass is 16.5. The summed E-state index contributed by atoms with van der Waals surface area (Å²) >= 11 is 0. The zero-order valence-electron chi connectivity index (χ0n) is 20.4. The summed E-state index contributed by atoms with van der Waals surface area (Å²) in [5.41, 5.74) is 13.5. The molecule has 1 unspecified atom stereocenters. The van der Waals surface area contributed by atoms with Gasteiger partial charge in [-0.2, -0.15) is 0 Å². The van der Waals surface area contributed by atoms with Gasteiger partial charge in [0.25, 0.3) is 5.91 Å². The van der Waals surface area contributed by atoms with E-state index in [0.717, 1.165) is 37.8 Å². The van der Waals surface area contributed by atoms with Crippen molar-refractivity contribution in [1.82, 2.24) is 15.4 Å². The van der Waals surface area contributed by atoms with Crippen molar-refractivity contribution >= 4 is 17.3 Å². The number of benzene rings is 2. The van der Waals surface area contributed by atoms with Crippen molar-refractivity contribution in [2.24, 2.45) is 0 Å². The molecule has 1 aliphatic heterocycles. The molecule has 1 amide bonds. The van der Waals surface area contributed by atoms with E-state index in [9.17, 15) is 4.79 Å². The number of nitrogens with two attached hydrogens (primary N) is 2. The third-order valence-electron chi connectivity index (χ3n) is 6.24. The average Bonchev–Trinajstić information content (AvgIpc) is 3.29. The number of anilines is 1. The first-order valence-corrected chi connectivity index (χ1v) is 12.2. The molecule has 1 atom stereocenters. The molecule has 1 aliphatic rings. The maximum Gasteiger partial charge on any atom is 0.265 e. The number of nitrogen functional groups attached to an aromatic ring is 1. The van der Waals surface area contributed by atoms with Crippen molar-refractivity contribution in [3.8, 4) is 5.88 Å². The van der Waals surface area contributed by atoms with Gasteiger partial charge in [-0.05, 0) is 69.4 Å². The number of aromatic nitrogens is 1. The molecular formula is C28H34N5O2+. The number of ether oxygens (including phenoxy) is 1. The summed E-state index contributed by atoms with van der Waals surface area (Å²) < 4.78 is 5.68. The van der Waals surface area contributed by atoms with Crippen LogP contribution in [0.4, 0.5) is 5.69 Å². The van der Waals surface area contributed by atoms with E-state index in [1.807, 2.05) is 19.9 Å². The number of nitrogens with one attached hydrogen (secondary N) is 1. The predicted molar refractivity (Wildman–Crippen MR) is 138 cm³/mol. The Kier molecular flexibility index (Phi) is 7.77. The Labute approximate surface area is 206 Å². The zero-order chi connectivity index (χ0) is 24.8. The molecule has 0 bridgehead atoms. The van der Waals surface area contributed by atoms with Gasteiger partial charge in [0.05, 0.1) is 17.2 Å². The topological polar surface area (TPSA) is 106 Å². The minimum absolute atomic E-state index is 0.00169. The monoisotopic (exact) mass is 472 g/mol. The maximum absolute atomic E-state index is 13.1. The molecule has 3 aromatic rings. The number of rotatable bonds is 9.